The summed E-state index contributed by atoms with van der Waals surface area (Å²) < 4.78 is 6.96. The summed E-state index contributed by atoms with van der Waals surface area (Å²) in [6.07, 6.45) is 3.71. The number of rotatable bonds is 9. The molecule has 2 heterocycles. The number of esters is 1. The predicted molar refractivity (Wildman–Crippen MR) is 164 cm³/mol. The molecule has 9 nitrogen and oxygen atoms in total. The molecule has 0 spiro atoms. The first-order chi connectivity index (χ1) is 19.3. The third kappa shape index (κ3) is 9.97. The van der Waals surface area contributed by atoms with Gasteiger partial charge in [0.1, 0.15) is 17.8 Å². The number of nitrogens with zero attached hydrogens (tertiary/aromatic N) is 1. The van der Waals surface area contributed by atoms with Gasteiger partial charge in [-0.1, -0.05) is 36.4 Å². The summed E-state index contributed by atoms with van der Waals surface area (Å²) in [4.78, 5) is 12.6. The molecule has 0 amide bonds. The molecule has 2 aromatic carbocycles. The first-order valence-corrected chi connectivity index (χ1v) is 14.9. The zero-order valence-electron chi connectivity index (χ0n) is 26.5. The Morgan fingerprint density at radius 2 is 1.60 bits per heavy atom. The molecule has 43 heavy (non-hydrogen) atoms. The third-order valence-corrected chi connectivity index (χ3v) is 9.03. The SMILES string of the molecule is CC(C)(C)NCC(O)c1ccc(O)c(CO)c1.CC(C)[N+]1(C)[C@@H]2CC[C@H]1CC(OC(=O)C(CO)c1ccccc1)C2.O.[Br-]. The molecule has 2 aromatic rings. The van der Waals surface area contributed by atoms with Crippen molar-refractivity contribution < 1.29 is 56.9 Å². The lowest BCUT2D eigenvalue weighted by Gasteiger charge is -2.49. The minimum atomic E-state index is -0.653. The normalized spacial score (nSPS) is 24.1. The summed E-state index contributed by atoms with van der Waals surface area (Å²) in [6, 6.07) is 16.0. The van der Waals surface area contributed by atoms with Crippen LogP contribution in [0, 0.1) is 0 Å². The van der Waals surface area contributed by atoms with E-state index in [9.17, 15) is 20.1 Å². The Balaban J connectivity index is 0.000000435. The highest BCUT2D eigenvalue weighted by atomic mass is 79.9. The smallest absolute Gasteiger partial charge is 0.316 e. The van der Waals surface area contributed by atoms with E-state index >= 15 is 0 Å². The minimum absolute atomic E-state index is 0. The van der Waals surface area contributed by atoms with Crippen molar-refractivity contribution in [1.29, 1.82) is 0 Å². The van der Waals surface area contributed by atoms with Gasteiger partial charge in [0, 0.05) is 43.3 Å². The maximum absolute atomic E-state index is 12.6. The molecule has 6 atom stereocenters. The first kappa shape index (κ1) is 39.0. The van der Waals surface area contributed by atoms with Gasteiger partial charge in [0.15, 0.2) is 0 Å². The highest BCUT2D eigenvalue weighted by Crippen LogP contribution is 2.44. The second-order valence-electron chi connectivity index (χ2n) is 13.1. The maximum Gasteiger partial charge on any atom is 0.316 e. The molecule has 2 saturated heterocycles. The number of nitrogens with one attached hydrogen (secondary N) is 1. The lowest BCUT2D eigenvalue weighted by Crippen LogP contribution is -3.00. The molecule has 2 aliphatic heterocycles. The molecule has 244 valence electrons. The van der Waals surface area contributed by atoms with Crippen molar-refractivity contribution in [3.63, 3.8) is 0 Å². The quantitative estimate of drug-likeness (QED) is 0.191. The van der Waals surface area contributed by atoms with Crippen LogP contribution in [0.1, 0.15) is 89.0 Å². The van der Waals surface area contributed by atoms with Gasteiger partial charge in [-0.3, -0.25) is 4.79 Å². The van der Waals surface area contributed by atoms with Gasteiger partial charge in [0.05, 0.1) is 44.5 Å². The van der Waals surface area contributed by atoms with Gasteiger partial charge in [-0.05, 0) is 57.9 Å². The van der Waals surface area contributed by atoms with Gasteiger partial charge < -0.3 is 57.4 Å². The fourth-order valence-corrected chi connectivity index (χ4v) is 6.28. The number of hydrogen-bond donors (Lipinski definition) is 5. The van der Waals surface area contributed by atoms with Crippen LogP contribution in [0.2, 0.25) is 0 Å². The Hall–Kier alpha value is -2.05. The molecule has 4 rings (SSSR count). The van der Waals surface area contributed by atoms with Gasteiger partial charge in [0.2, 0.25) is 0 Å². The molecule has 7 N–H and O–H groups in total. The Morgan fingerprint density at radius 3 is 2.09 bits per heavy atom. The number of hydrogen-bond acceptors (Lipinski definition) is 7. The number of aromatic hydroxyl groups is 1. The number of carbonyl (C=O) groups excluding carboxylic acids is 1. The van der Waals surface area contributed by atoms with Crippen molar-refractivity contribution in [2.24, 2.45) is 0 Å². The zero-order chi connectivity index (χ0) is 30.4. The van der Waals surface area contributed by atoms with Crippen LogP contribution in [0.15, 0.2) is 48.5 Å². The summed E-state index contributed by atoms with van der Waals surface area (Å²) in [7, 11) is 2.37. The zero-order valence-corrected chi connectivity index (χ0v) is 28.0. The van der Waals surface area contributed by atoms with E-state index in [-0.39, 0.29) is 59.0 Å². The molecule has 2 aliphatic rings. The number of aliphatic hydroxyl groups is 3. The Bertz CT molecular complexity index is 1110. The number of aliphatic hydroxyl groups excluding tert-OH is 3. The number of benzene rings is 2. The van der Waals surface area contributed by atoms with E-state index in [1.165, 1.54) is 18.9 Å². The van der Waals surface area contributed by atoms with Crippen LogP contribution in [0.25, 0.3) is 0 Å². The molecule has 0 aromatic heterocycles. The summed E-state index contributed by atoms with van der Waals surface area (Å²) >= 11 is 0. The number of β-amino-alcohol motifs (C(OH)–C–C–N with tert-alkyl or cyclic N) is 1. The number of piperidine rings is 1. The van der Waals surface area contributed by atoms with Crippen LogP contribution in [0.4, 0.5) is 0 Å². The maximum atomic E-state index is 12.6. The molecule has 4 unspecified atom stereocenters. The highest BCUT2D eigenvalue weighted by Gasteiger charge is 2.53. The summed E-state index contributed by atoms with van der Waals surface area (Å²) in [5, 5.41) is 41.3. The van der Waals surface area contributed by atoms with E-state index in [1.807, 2.05) is 51.1 Å². The van der Waals surface area contributed by atoms with Gasteiger partial charge in [-0.25, -0.2) is 0 Å². The van der Waals surface area contributed by atoms with E-state index in [0.717, 1.165) is 22.9 Å². The fourth-order valence-electron chi connectivity index (χ4n) is 6.28. The Morgan fingerprint density at radius 1 is 1.02 bits per heavy atom. The molecule has 2 fully saturated rings. The number of phenols is 1. The van der Waals surface area contributed by atoms with Gasteiger partial charge in [-0.15, -0.1) is 0 Å². The third-order valence-electron chi connectivity index (χ3n) is 9.03. The van der Waals surface area contributed by atoms with Crippen LogP contribution in [-0.4, -0.2) is 86.3 Å². The van der Waals surface area contributed by atoms with E-state index in [0.29, 0.717) is 35.8 Å². The van der Waals surface area contributed by atoms with Crippen molar-refractivity contribution in [3.8, 4) is 5.75 Å². The molecule has 10 heteroatoms. The van der Waals surface area contributed by atoms with Gasteiger partial charge in [0.25, 0.3) is 0 Å². The van der Waals surface area contributed by atoms with E-state index in [2.05, 4.69) is 26.2 Å². The lowest BCUT2D eigenvalue weighted by atomic mass is 9.94. The second kappa shape index (κ2) is 16.9. The largest absolute Gasteiger partial charge is 1.00 e. The minimum Gasteiger partial charge on any atom is -1.00 e. The molecular formula is C33H53BrN2O7. The first-order valence-electron chi connectivity index (χ1n) is 14.9. The molecule has 2 bridgehead atoms. The highest BCUT2D eigenvalue weighted by molar-refractivity contribution is 5.78. The Kier molecular flexibility index (Phi) is 15.3. The van der Waals surface area contributed by atoms with Crippen LogP contribution >= 0.6 is 0 Å². The predicted octanol–water partition coefficient (Wildman–Crippen LogP) is 0.339. The summed E-state index contributed by atoms with van der Waals surface area (Å²) in [5.74, 6) is -0.808. The van der Waals surface area contributed by atoms with Crippen molar-refractivity contribution in [1.82, 2.24) is 5.32 Å². The summed E-state index contributed by atoms with van der Waals surface area (Å²) in [6.45, 7) is 10.7. The lowest BCUT2D eigenvalue weighted by molar-refractivity contribution is -0.968. The van der Waals surface area contributed by atoms with Crippen LogP contribution < -0.4 is 22.3 Å². The topological polar surface area (TPSA) is 151 Å². The summed E-state index contributed by atoms with van der Waals surface area (Å²) in [5.41, 5.74) is 1.88. The fraction of sp³-hybridized carbons (Fsp3) is 0.606. The molecule has 0 radical (unpaired) electrons. The van der Waals surface area contributed by atoms with Crippen LogP contribution in [0.5, 0.6) is 5.75 Å². The monoisotopic (exact) mass is 668 g/mol. The standard InChI is InChI=1S/C20H30NO3.C13H21NO3.BrH.H2O/c1-14(2)21(3)16-9-10-17(21)12-18(11-16)24-20(23)19(13-22)15-7-5-4-6-8-15;1-13(2,3)14-7-12(17)9-4-5-11(16)10(6-9)8-15;;/h4-8,14,16-19,22H,9-13H2,1-3H3;4-6,12,14-17H,7-8H2,1-3H3;1H;1H2/q+1;;;/p-1/t16-,17+,18?,19?,21?;;;. The molecule has 0 saturated carbocycles. The van der Waals surface area contributed by atoms with E-state index in [4.69, 9.17) is 9.84 Å². The van der Waals surface area contributed by atoms with E-state index in [1.54, 1.807) is 12.1 Å². The second-order valence-corrected chi connectivity index (χ2v) is 13.1. The number of ether oxygens (including phenoxy) is 1. The number of carbonyl (C=O) groups is 1. The van der Waals surface area contributed by atoms with Crippen molar-refractivity contribution >= 4 is 5.97 Å². The van der Waals surface area contributed by atoms with Crippen molar-refractivity contribution in [3.05, 3.63) is 65.2 Å². The van der Waals surface area contributed by atoms with Crippen molar-refractivity contribution in [2.45, 2.75) is 109 Å². The van der Waals surface area contributed by atoms with Gasteiger partial charge >= 0.3 is 5.97 Å². The van der Waals surface area contributed by atoms with Crippen LogP contribution in [-0.2, 0) is 16.1 Å². The number of fused-ring (bicyclic) bond motifs is 2. The average molecular weight is 670 g/mol. The van der Waals surface area contributed by atoms with Gasteiger partial charge in [-0.2, -0.15) is 0 Å². The Labute approximate surface area is 267 Å². The molecular weight excluding hydrogens is 616 g/mol. The van der Waals surface area contributed by atoms with Crippen molar-refractivity contribution in [2.75, 3.05) is 20.2 Å². The molecule has 0 aliphatic carbocycles. The van der Waals surface area contributed by atoms with E-state index < -0.39 is 12.0 Å². The number of quaternary nitrogens is 1. The number of halogens is 1. The van der Waals surface area contributed by atoms with Crippen LogP contribution in [0.3, 0.4) is 0 Å². The average Bonchev–Trinajstić information content (AvgIpc) is 3.09.